The van der Waals surface area contributed by atoms with Gasteiger partial charge in [0.05, 0.1) is 12.2 Å². The monoisotopic (exact) mass is 227 g/mol. The van der Waals surface area contributed by atoms with Gasteiger partial charge < -0.3 is 10.2 Å². The molecule has 1 fully saturated rings. The third-order valence-electron chi connectivity index (χ3n) is 3.27. The topological polar surface area (TPSA) is 28.2 Å². The van der Waals surface area contributed by atoms with Gasteiger partial charge in [-0.3, -0.25) is 0 Å². The van der Waals surface area contributed by atoms with Gasteiger partial charge in [-0.1, -0.05) is 13.2 Å². The molecule has 1 aliphatic heterocycles. The SMILES string of the molecule is C=C1CN(C(=C)C)c2nc(C3CC3)ccc2N1. The molecule has 0 spiro atoms. The van der Waals surface area contributed by atoms with E-state index in [9.17, 15) is 0 Å². The van der Waals surface area contributed by atoms with Gasteiger partial charge in [0.2, 0.25) is 0 Å². The first kappa shape index (κ1) is 10.4. The van der Waals surface area contributed by atoms with E-state index < -0.39 is 0 Å². The van der Waals surface area contributed by atoms with Gasteiger partial charge in [-0.15, -0.1) is 0 Å². The Kier molecular flexibility index (Phi) is 2.21. The minimum Gasteiger partial charge on any atom is -0.355 e. The molecule has 1 aliphatic carbocycles. The summed E-state index contributed by atoms with van der Waals surface area (Å²) in [5.74, 6) is 1.67. The zero-order valence-corrected chi connectivity index (χ0v) is 10.2. The summed E-state index contributed by atoms with van der Waals surface area (Å²) in [4.78, 5) is 6.90. The van der Waals surface area contributed by atoms with Gasteiger partial charge in [0.25, 0.3) is 0 Å². The average Bonchev–Trinajstić information content (AvgIpc) is 3.11. The summed E-state index contributed by atoms with van der Waals surface area (Å²) in [6.07, 6.45) is 2.55. The van der Waals surface area contributed by atoms with Crippen LogP contribution < -0.4 is 10.2 Å². The van der Waals surface area contributed by atoms with Crippen molar-refractivity contribution < 1.29 is 0 Å². The number of aromatic nitrogens is 1. The van der Waals surface area contributed by atoms with E-state index in [1.165, 1.54) is 18.5 Å². The molecule has 2 heterocycles. The highest BCUT2D eigenvalue weighted by atomic mass is 15.3. The number of nitrogens with zero attached hydrogens (tertiary/aromatic N) is 2. The Morgan fingerprint density at radius 1 is 1.47 bits per heavy atom. The molecule has 0 amide bonds. The Labute approximate surface area is 102 Å². The van der Waals surface area contributed by atoms with Crippen molar-refractivity contribution in [2.24, 2.45) is 0 Å². The molecule has 1 aromatic heterocycles. The van der Waals surface area contributed by atoms with Crippen molar-refractivity contribution in [1.29, 1.82) is 0 Å². The molecule has 1 saturated carbocycles. The molecule has 3 heteroatoms. The summed E-state index contributed by atoms with van der Waals surface area (Å²) in [7, 11) is 0. The minimum absolute atomic E-state index is 0.678. The molecular weight excluding hydrogens is 210 g/mol. The summed E-state index contributed by atoms with van der Waals surface area (Å²) in [5.41, 5.74) is 4.24. The molecule has 0 saturated heterocycles. The van der Waals surface area contributed by atoms with Crippen LogP contribution >= 0.6 is 0 Å². The highest BCUT2D eigenvalue weighted by Gasteiger charge is 2.28. The van der Waals surface area contributed by atoms with Crippen LogP contribution in [0.2, 0.25) is 0 Å². The fourth-order valence-corrected chi connectivity index (χ4v) is 2.18. The average molecular weight is 227 g/mol. The van der Waals surface area contributed by atoms with Crippen molar-refractivity contribution in [2.45, 2.75) is 25.7 Å². The maximum absolute atomic E-state index is 4.77. The maximum Gasteiger partial charge on any atom is 0.157 e. The van der Waals surface area contributed by atoms with Crippen molar-refractivity contribution in [2.75, 3.05) is 16.8 Å². The van der Waals surface area contributed by atoms with Crippen molar-refractivity contribution in [3.8, 4) is 0 Å². The number of anilines is 2. The fourth-order valence-electron chi connectivity index (χ4n) is 2.18. The van der Waals surface area contributed by atoms with Crippen LogP contribution in [0.1, 0.15) is 31.4 Å². The second-order valence-corrected chi connectivity index (χ2v) is 4.93. The Morgan fingerprint density at radius 2 is 2.24 bits per heavy atom. The highest BCUT2D eigenvalue weighted by molar-refractivity contribution is 5.73. The lowest BCUT2D eigenvalue weighted by Crippen LogP contribution is -2.31. The third-order valence-corrected chi connectivity index (χ3v) is 3.27. The van der Waals surface area contributed by atoms with E-state index in [0.717, 1.165) is 29.4 Å². The molecule has 0 atom stereocenters. The first-order valence-electron chi connectivity index (χ1n) is 6.04. The van der Waals surface area contributed by atoms with E-state index in [1.54, 1.807) is 0 Å². The Hall–Kier alpha value is -1.77. The fraction of sp³-hybridized carbons (Fsp3) is 0.357. The molecule has 17 heavy (non-hydrogen) atoms. The molecule has 0 bridgehead atoms. The van der Waals surface area contributed by atoms with Gasteiger partial charge in [-0.05, 0) is 31.9 Å². The largest absolute Gasteiger partial charge is 0.355 e. The second-order valence-electron chi connectivity index (χ2n) is 4.93. The van der Waals surface area contributed by atoms with Crippen LogP contribution in [0.25, 0.3) is 0 Å². The molecular formula is C14H17N3. The second kappa shape index (κ2) is 3.62. The van der Waals surface area contributed by atoms with Crippen LogP contribution in [0.15, 0.2) is 36.7 Å². The molecule has 88 valence electrons. The predicted octanol–water partition coefficient (Wildman–Crippen LogP) is 3.24. The lowest BCUT2D eigenvalue weighted by molar-refractivity contribution is 0.901. The summed E-state index contributed by atoms with van der Waals surface area (Å²) in [6, 6.07) is 4.23. The lowest BCUT2D eigenvalue weighted by Gasteiger charge is -2.32. The van der Waals surface area contributed by atoms with Gasteiger partial charge >= 0.3 is 0 Å². The number of nitrogens with one attached hydrogen (secondary N) is 1. The van der Waals surface area contributed by atoms with Crippen LogP contribution in [-0.4, -0.2) is 11.5 Å². The van der Waals surface area contributed by atoms with E-state index in [2.05, 4.69) is 35.5 Å². The summed E-state index contributed by atoms with van der Waals surface area (Å²) < 4.78 is 0. The van der Waals surface area contributed by atoms with E-state index in [4.69, 9.17) is 4.98 Å². The van der Waals surface area contributed by atoms with E-state index in [1.807, 2.05) is 6.92 Å². The third kappa shape index (κ3) is 1.82. The van der Waals surface area contributed by atoms with Crippen molar-refractivity contribution in [1.82, 2.24) is 4.98 Å². The first-order chi connectivity index (χ1) is 8.15. The summed E-state index contributed by atoms with van der Waals surface area (Å²) >= 11 is 0. The van der Waals surface area contributed by atoms with Gasteiger partial charge in [-0.25, -0.2) is 4.98 Å². The van der Waals surface area contributed by atoms with E-state index in [0.29, 0.717) is 5.92 Å². The lowest BCUT2D eigenvalue weighted by atomic mass is 10.2. The maximum atomic E-state index is 4.77. The van der Waals surface area contributed by atoms with Crippen molar-refractivity contribution in [3.63, 3.8) is 0 Å². The van der Waals surface area contributed by atoms with Gasteiger partial charge in [-0.2, -0.15) is 0 Å². The molecule has 0 aromatic carbocycles. The first-order valence-corrected chi connectivity index (χ1v) is 6.04. The zero-order valence-electron chi connectivity index (χ0n) is 10.2. The van der Waals surface area contributed by atoms with E-state index >= 15 is 0 Å². The van der Waals surface area contributed by atoms with Crippen molar-refractivity contribution in [3.05, 3.63) is 42.4 Å². The smallest absolute Gasteiger partial charge is 0.157 e. The van der Waals surface area contributed by atoms with Crippen molar-refractivity contribution >= 4 is 11.5 Å². The number of hydrogen-bond acceptors (Lipinski definition) is 3. The minimum atomic E-state index is 0.678. The number of fused-ring (bicyclic) bond motifs is 1. The number of allylic oxidation sites excluding steroid dienone is 1. The number of rotatable bonds is 2. The van der Waals surface area contributed by atoms with Gasteiger partial charge in [0.1, 0.15) is 0 Å². The predicted molar refractivity (Wildman–Crippen MR) is 71.1 cm³/mol. The van der Waals surface area contributed by atoms with Crippen LogP contribution in [0.3, 0.4) is 0 Å². The zero-order chi connectivity index (χ0) is 12.0. The summed E-state index contributed by atoms with van der Waals surface area (Å²) in [6.45, 7) is 10.8. The van der Waals surface area contributed by atoms with E-state index in [-0.39, 0.29) is 0 Å². The normalized spacial score (nSPS) is 18.6. The molecule has 3 rings (SSSR count). The van der Waals surface area contributed by atoms with Crippen LogP contribution in [0.4, 0.5) is 11.5 Å². The number of pyridine rings is 1. The highest BCUT2D eigenvalue weighted by Crippen LogP contribution is 2.41. The standard InChI is InChI=1S/C14H17N3/c1-9(2)17-8-10(3)15-13-7-6-12(11-4-5-11)16-14(13)17/h6-7,11,15H,1,3-5,8H2,2H3. The van der Waals surface area contributed by atoms with Crippen LogP contribution in [-0.2, 0) is 0 Å². The Bertz CT molecular complexity index is 500. The Morgan fingerprint density at radius 3 is 2.88 bits per heavy atom. The Balaban J connectivity index is 2.05. The van der Waals surface area contributed by atoms with Gasteiger partial charge in [0, 0.05) is 23.0 Å². The van der Waals surface area contributed by atoms with Crippen LogP contribution in [0, 0.1) is 0 Å². The molecule has 2 aliphatic rings. The molecule has 1 aromatic rings. The molecule has 1 N–H and O–H groups in total. The number of hydrogen-bond donors (Lipinski definition) is 1. The molecule has 3 nitrogen and oxygen atoms in total. The summed E-state index contributed by atoms with van der Waals surface area (Å²) in [5, 5.41) is 3.29. The quantitative estimate of drug-likeness (QED) is 0.840. The van der Waals surface area contributed by atoms with Gasteiger partial charge in [0.15, 0.2) is 5.82 Å². The molecule has 0 radical (unpaired) electrons. The van der Waals surface area contributed by atoms with Crippen LogP contribution in [0.5, 0.6) is 0 Å². The molecule has 0 unspecified atom stereocenters.